The van der Waals surface area contributed by atoms with Crippen LogP contribution in [0.25, 0.3) is 10.9 Å². The minimum absolute atomic E-state index is 0.00233. The number of nitrogens with one attached hydrogen (secondary N) is 1. The SMILES string of the molecule is Cn1nc(NC(=O)COC[C@@H]2CCCO2)c2c(N3CCOCC3)cccc21. The number of benzene rings is 1. The fraction of sp³-hybridized carbons (Fsp3) is 0.579. The van der Waals surface area contributed by atoms with Crippen molar-refractivity contribution in [2.24, 2.45) is 7.05 Å². The molecule has 8 nitrogen and oxygen atoms in total. The summed E-state index contributed by atoms with van der Waals surface area (Å²) in [5.41, 5.74) is 2.05. The van der Waals surface area contributed by atoms with Crippen LogP contribution in [0.5, 0.6) is 0 Å². The molecule has 2 fully saturated rings. The zero-order valence-electron chi connectivity index (χ0n) is 15.6. The van der Waals surface area contributed by atoms with E-state index >= 15 is 0 Å². The average molecular weight is 374 g/mol. The van der Waals surface area contributed by atoms with E-state index in [9.17, 15) is 4.79 Å². The third-order valence-electron chi connectivity index (χ3n) is 5.03. The van der Waals surface area contributed by atoms with E-state index in [1.54, 1.807) is 4.68 Å². The number of amides is 1. The number of aryl methyl sites for hydroxylation is 1. The molecule has 2 aromatic rings. The smallest absolute Gasteiger partial charge is 0.251 e. The third kappa shape index (κ3) is 4.07. The molecule has 0 bridgehead atoms. The number of carbonyl (C=O) groups excluding carboxylic acids is 1. The number of anilines is 2. The first-order chi connectivity index (χ1) is 13.2. The Labute approximate surface area is 158 Å². The Hall–Kier alpha value is -2.16. The van der Waals surface area contributed by atoms with Crippen molar-refractivity contribution in [2.75, 3.05) is 56.3 Å². The van der Waals surface area contributed by atoms with Gasteiger partial charge < -0.3 is 24.4 Å². The van der Waals surface area contributed by atoms with Gasteiger partial charge in [0.1, 0.15) is 6.61 Å². The molecule has 4 rings (SSSR count). The van der Waals surface area contributed by atoms with Crippen LogP contribution in [0.4, 0.5) is 11.5 Å². The molecule has 2 aliphatic rings. The molecule has 1 aromatic carbocycles. The van der Waals surface area contributed by atoms with E-state index in [0.717, 1.165) is 49.1 Å². The van der Waals surface area contributed by atoms with Gasteiger partial charge in [-0.15, -0.1) is 0 Å². The molecular weight excluding hydrogens is 348 g/mol. The second-order valence-corrected chi connectivity index (χ2v) is 6.94. The largest absolute Gasteiger partial charge is 0.378 e. The van der Waals surface area contributed by atoms with Gasteiger partial charge in [-0.3, -0.25) is 9.48 Å². The first kappa shape index (κ1) is 18.2. The summed E-state index contributed by atoms with van der Waals surface area (Å²) >= 11 is 0. The van der Waals surface area contributed by atoms with Crippen molar-refractivity contribution >= 4 is 28.3 Å². The summed E-state index contributed by atoms with van der Waals surface area (Å²) in [4.78, 5) is 14.6. The Morgan fingerprint density at radius 1 is 1.33 bits per heavy atom. The lowest BCUT2D eigenvalue weighted by Crippen LogP contribution is -2.36. The van der Waals surface area contributed by atoms with Gasteiger partial charge >= 0.3 is 0 Å². The number of hydrogen-bond donors (Lipinski definition) is 1. The fourth-order valence-electron chi connectivity index (χ4n) is 3.68. The fourth-order valence-corrected chi connectivity index (χ4v) is 3.68. The van der Waals surface area contributed by atoms with E-state index in [1.165, 1.54) is 0 Å². The second-order valence-electron chi connectivity index (χ2n) is 6.94. The van der Waals surface area contributed by atoms with E-state index in [2.05, 4.69) is 21.4 Å². The highest BCUT2D eigenvalue weighted by Gasteiger charge is 2.21. The number of ether oxygens (including phenoxy) is 3. The molecule has 3 heterocycles. The van der Waals surface area contributed by atoms with E-state index in [4.69, 9.17) is 14.2 Å². The van der Waals surface area contributed by atoms with E-state index in [1.807, 2.05) is 19.2 Å². The van der Waals surface area contributed by atoms with Gasteiger partial charge in [-0.05, 0) is 25.0 Å². The molecule has 0 aliphatic carbocycles. The Morgan fingerprint density at radius 3 is 2.96 bits per heavy atom. The van der Waals surface area contributed by atoms with E-state index in [-0.39, 0.29) is 18.6 Å². The lowest BCUT2D eigenvalue weighted by Gasteiger charge is -2.29. The zero-order valence-corrected chi connectivity index (χ0v) is 15.6. The second kappa shape index (κ2) is 8.24. The van der Waals surface area contributed by atoms with Gasteiger partial charge in [0.2, 0.25) is 0 Å². The van der Waals surface area contributed by atoms with Gasteiger partial charge in [0.15, 0.2) is 5.82 Å². The maximum absolute atomic E-state index is 12.4. The van der Waals surface area contributed by atoms with Gasteiger partial charge in [0.25, 0.3) is 5.91 Å². The van der Waals surface area contributed by atoms with Gasteiger partial charge in [0, 0.05) is 26.7 Å². The third-order valence-corrected chi connectivity index (χ3v) is 5.03. The lowest BCUT2D eigenvalue weighted by atomic mass is 10.1. The van der Waals surface area contributed by atoms with Crippen LogP contribution < -0.4 is 10.2 Å². The van der Waals surface area contributed by atoms with Crippen molar-refractivity contribution in [3.05, 3.63) is 18.2 Å². The monoisotopic (exact) mass is 374 g/mol. The summed E-state index contributed by atoms with van der Waals surface area (Å²) < 4.78 is 18.3. The molecule has 1 atom stereocenters. The Morgan fingerprint density at radius 2 is 2.19 bits per heavy atom. The molecular formula is C19H26N4O4. The van der Waals surface area contributed by atoms with Crippen molar-refractivity contribution < 1.29 is 19.0 Å². The number of carbonyl (C=O) groups is 1. The van der Waals surface area contributed by atoms with Crippen LogP contribution in [-0.2, 0) is 26.1 Å². The highest BCUT2D eigenvalue weighted by Crippen LogP contribution is 2.33. The number of hydrogen-bond acceptors (Lipinski definition) is 6. The van der Waals surface area contributed by atoms with Crippen LogP contribution in [-0.4, -0.2) is 67.9 Å². The van der Waals surface area contributed by atoms with Gasteiger partial charge in [-0.1, -0.05) is 6.07 Å². The summed E-state index contributed by atoms with van der Waals surface area (Å²) in [6, 6.07) is 6.10. The molecule has 1 aromatic heterocycles. The molecule has 0 spiro atoms. The molecule has 1 N–H and O–H groups in total. The van der Waals surface area contributed by atoms with Crippen molar-refractivity contribution in [1.82, 2.24) is 9.78 Å². The minimum Gasteiger partial charge on any atom is -0.378 e. The van der Waals surface area contributed by atoms with E-state index < -0.39 is 0 Å². The van der Waals surface area contributed by atoms with Crippen LogP contribution in [0.2, 0.25) is 0 Å². The number of aromatic nitrogens is 2. The highest BCUT2D eigenvalue weighted by molar-refractivity contribution is 6.06. The Balaban J connectivity index is 1.48. The summed E-state index contributed by atoms with van der Waals surface area (Å²) in [5.74, 6) is 0.366. The standard InChI is InChI=1S/C19H26N4O4/c1-22-15-5-2-6-16(23-7-10-25-11-8-23)18(15)19(21-22)20-17(24)13-26-12-14-4-3-9-27-14/h2,5-6,14H,3-4,7-13H2,1H3,(H,20,21,24)/t14-/m0/s1. The van der Waals surface area contributed by atoms with Gasteiger partial charge in [-0.2, -0.15) is 5.10 Å². The van der Waals surface area contributed by atoms with Crippen LogP contribution >= 0.6 is 0 Å². The maximum Gasteiger partial charge on any atom is 0.251 e. The van der Waals surface area contributed by atoms with Crippen molar-refractivity contribution in [1.29, 1.82) is 0 Å². The Bertz CT molecular complexity index is 794. The average Bonchev–Trinajstić information content (AvgIpc) is 3.31. The predicted octanol–water partition coefficient (Wildman–Crippen LogP) is 1.54. The van der Waals surface area contributed by atoms with Crippen LogP contribution in [0, 0.1) is 0 Å². The Kier molecular flexibility index (Phi) is 5.56. The minimum atomic E-state index is -0.204. The number of morpholine rings is 1. The lowest BCUT2D eigenvalue weighted by molar-refractivity contribution is -0.121. The van der Waals surface area contributed by atoms with Gasteiger partial charge in [-0.25, -0.2) is 0 Å². The molecule has 0 radical (unpaired) electrons. The van der Waals surface area contributed by atoms with Crippen molar-refractivity contribution in [3.8, 4) is 0 Å². The first-order valence-electron chi connectivity index (χ1n) is 9.50. The number of rotatable bonds is 6. The maximum atomic E-state index is 12.4. The molecule has 146 valence electrons. The molecule has 0 saturated carbocycles. The molecule has 0 unspecified atom stereocenters. The van der Waals surface area contributed by atoms with Crippen molar-refractivity contribution in [2.45, 2.75) is 18.9 Å². The quantitative estimate of drug-likeness (QED) is 0.827. The molecule has 2 aliphatic heterocycles. The summed E-state index contributed by atoms with van der Waals surface area (Å²) in [5, 5.41) is 8.39. The van der Waals surface area contributed by atoms with Crippen LogP contribution in [0.3, 0.4) is 0 Å². The topological polar surface area (TPSA) is 77.9 Å². The van der Waals surface area contributed by atoms with Crippen LogP contribution in [0.15, 0.2) is 18.2 Å². The number of fused-ring (bicyclic) bond motifs is 1. The van der Waals surface area contributed by atoms with Crippen LogP contribution in [0.1, 0.15) is 12.8 Å². The van der Waals surface area contributed by atoms with Crippen molar-refractivity contribution in [3.63, 3.8) is 0 Å². The summed E-state index contributed by atoms with van der Waals surface area (Å²) in [7, 11) is 1.88. The molecule has 1 amide bonds. The molecule has 27 heavy (non-hydrogen) atoms. The summed E-state index contributed by atoms with van der Waals surface area (Å²) in [6.07, 6.45) is 2.17. The first-order valence-corrected chi connectivity index (χ1v) is 9.50. The molecule has 2 saturated heterocycles. The van der Waals surface area contributed by atoms with E-state index in [0.29, 0.717) is 25.6 Å². The predicted molar refractivity (Wildman–Crippen MR) is 102 cm³/mol. The van der Waals surface area contributed by atoms with Gasteiger partial charge in [0.05, 0.1) is 42.5 Å². The molecule has 8 heteroatoms. The summed E-state index contributed by atoms with van der Waals surface area (Å²) in [6.45, 7) is 4.29. The number of nitrogens with zero attached hydrogens (tertiary/aromatic N) is 3. The normalized spacial score (nSPS) is 20.3. The zero-order chi connectivity index (χ0) is 18.6. The highest BCUT2D eigenvalue weighted by atomic mass is 16.5.